The second-order valence-corrected chi connectivity index (χ2v) is 9.86. The number of benzene rings is 2. The molecule has 0 spiro atoms. The molecule has 1 amide bonds. The second kappa shape index (κ2) is 11.9. The number of anilines is 2. The molecule has 2 aromatic carbocycles. The highest BCUT2D eigenvalue weighted by Gasteiger charge is 2.16. The van der Waals surface area contributed by atoms with Crippen molar-refractivity contribution < 1.29 is 9.53 Å². The molecule has 2 heterocycles. The summed E-state index contributed by atoms with van der Waals surface area (Å²) in [5, 5.41) is 12.4. The Bertz CT molecular complexity index is 1050. The van der Waals surface area contributed by atoms with Crippen LogP contribution in [0.15, 0.2) is 59.8 Å². The van der Waals surface area contributed by atoms with Crippen molar-refractivity contribution in [1.29, 1.82) is 0 Å². The third-order valence-corrected chi connectivity index (χ3v) is 6.76. The van der Waals surface area contributed by atoms with Crippen LogP contribution in [0.25, 0.3) is 0 Å². The zero-order valence-electron chi connectivity index (χ0n) is 19.9. The van der Waals surface area contributed by atoms with Gasteiger partial charge in [0.25, 0.3) is 0 Å². The largest absolute Gasteiger partial charge is 0.486 e. The lowest BCUT2D eigenvalue weighted by Gasteiger charge is -2.17. The molecule has 1 aliphatic heterocycles. The highest BCUT2D eigenvalue weighted by atomic mass is 32.2. The van der Waals surface area contributed by atoms with E-state index in [1.165, 1.54) is 30.3 Å². The van der Waals surface area contributed by atoms with E-state index in [4.69, 9.17) is 4.74 Å². The smallest absolute Gasteiger partial charge is 0.234 e. The molecule has 1 saturated heterocycles. The first-order valence-corrected chi connectivity index (χ1v) is 12.9. The third kappa shape index (κ3) is 6.76. The first-order valence-electron chi connectivity index (χ1n) is 12.0. The topological polar surface area (TPSA) is 72.3 Å². The number of carbonyl (C=O) groups excluding carboxylic acids is 1. The van der Waals surface area contributed by atoms with Gasteiger partial charge in [0.2, 0.25) is 5.91 Å². The van der Waals surface area contributed by atoms with Crippen molar-refractivity contribution in [2.75, 3.05) is 29.1 Å². The fourth-order valence-corrected chi connectivity index (χ4v) is 4.65. The Morgan fingerprint density at radius 1 is 1.06 bits per heavy atom. The molecule has 180 valence electrons. The molecule has 0 aliphatic carbocycles. The Morgan fingerprint density at radius 3 is 2.50 bits per heavy atom. The van der Waals surface area contributed by atoms with Crippen molar-refractivity contribution >= 4 is 29.0 Å². The molecule has 1 aliphatic rings. The van der Waals surface area contributed by atoms with Crippen molar-refractivity contribution in [2.45, 2.75) is 51.4 Å². The van der Waals surface area contributed by atoms with Gasteiger partial charge in [-0.1, -0.05) is 43.8 Å². The molecule has 3 aromatic rings. The molecule has 1 fully saturated rings. The summed E-state index contributed by atoms with van der Waals surface area (Å²) in [5.74, 6) is 2.33. The summed E-state index contributed by atoms with van der Waals surface area (Å²) in [5.41, 5.74) is 2.03. The van der Waals surface area contributed by atoms with Crippen LogP contribution in [0.2, 0.25) is 0 Å². The van der Waals surface area contributed by atoms with E-state index in [1.54, 1.807) is 0 Å². The normalized spacial score (nSPS) is 13.4. The van der Waals surface area contributed by atoms with Crippen molar-refractivity contribution in [3.63, 3.8) is 0 Å². The predicted octanol–water partition coefficient (Wildman–Crippen LogP) is 5.23. The van der Waals surface area contributed by atoms with E-state index in [2.05, 4.69) is 51.0 Å². The predicted molar refractivity (Wildman–Crippen MR) is 137 cm³/mol. The van der Waals surface area contributed by atoms with Crippen LogP contribution in [0.1, 0.15) is 38.9 Å². The molecule has 8 heteroatoms. The molecule has 7 nitrogen and oxygen atoms in total. The Kier molecular flexibility index (Phi) is 8.46. The summed E-state index contributed by atoms with van der Waals surface area (Å²) in [6.45, 7) is 7.74. The van der Waals surface area contributed by atoms with Gasteiger partial charge in [-0.15, -0.1) is 10.2 Å². The van der Waals surface area contributed by atoms with Crippen molar-refractivity contribution in [3.05, 3.63) is 60.4 Å². The molecule has 0 radical (unpaired) electrons. The number of amides is 1. The van der Waals surface area contributed by atoms with Crippen LogP contribution in [-0.4, -0.2) is 39.5 Å². The summed E-state index contributed by atoms with van der Waals surface area (Å²) in [7, 11) is 0. The number of nitrogens with one attached hydrogen (secondary N) is 1. The van der Waals surface area contributed by atoms with Gasteiger partial charge in [0, 0.05) is 31.0 Å². The zero-order valence-corrected chi connectivity index (χ0v) is 20.8. The van der Waals surface area contributed by atoms with Crippen LogP contribution in [0, 0.1) is 5.92 Å². The lowest BCUT2D eigenvalue weighted by molar-refractivity contribution is -0.113. The highest BCUT2D eigenvalue weighted by Crippen LogP contribution is 2.23. The average molecular weight is 480 g/mol. The molecule has 1 aromatic heterocycles. The molecule has 4 rings (SSSR count). The maximum atomic E-state index is 12.6. The SMILES string of the molecule is CC(C)CCn1c(COc2ccccc2)nnc1SCC(=O)Nc1ccc(N2CCCC2)cc1. The lowest BCUT2D eigenvalue weighted by Crippen LogP contribution is -2.18. The number of rotatable bonds is 11. The van der Waals surface area contributed by atoms with E-state index in [-0.39, 0.29) is 11.7 Å². The fourth-order valence-electron chi connectivity index (χ4n) is 3.87. The summed E-state index contributed by atoms with van der Waals surface area (Å²) in [4.78, 5) is 15.0. The molecular weight excluding hydrogens is 446 g/mol. The third-order valence-electron chi connectivity index (χ3n) is 5.79. The molecule has 0 bridgehead atoms. The van der Waals surface area contributed by atoms with Crippen LogP contribution in [0.3, 0.4) is 0 Å². The molecule has 0 saturated carbocycles. The zero-order chi connectivity index (χ0) is 23.8. The molecule has 34 heavy (non-hydrogen) atoms. The maximum absolute atomic E-state index is 12.6. The number of nitrogens with zero attached hydrogens (tertiary/aromatic N) is 4. The summed E-state index contributed by atoms with van der Waals surface area (Å²) >= 11 is 1.41. The van der Waals surface area contributed by atoms with Crippen LogP contribution < -0.4 is 15.0 Å². The number of aromatic nitrogens is 3. The first-order chi connectivity index (χ1) is 16.6. The van der Waals surface area contributed by atoms with E-state index in [0.717, 1.165) is 48.5 Å². The monoisotopic (exact) mass is 479 g/mol. The maximum Gasteiger partial charge on any atom is 0.234 e. The fraction of sp³-hybridized carbons (Fsp3) is 0.423. The van der Waals surface area contributed by atoms with E-state index >= 15 is 0 Å². The molecule has 0 atom stereocenters. The lowest BCUT2D eigenvalue weighted by atomic mass is 10.1. The van der Waals surface area contributed by atoms with Crippen LogP contribution in [0.4, 0.5) is 11.4 Å². The number of hydrogen-bond acceptors (Lipinski definition) is 6. The van der Waals surface area contributed by atoms with Gasteiger partial charge in [-0.2, -0.15) is 0 Å². The highest BCUT2D eigenvalue weighted by molar-refractivity contribution is 7.99. The Hall–Kier alpha value is -3.00. The van der Waals surface area contributed by atoms with Gasteiger partial charge in [-0.05, 0) is 61.6 Å². The number of ether oxygens (including phenoxy) is 1. The van der Waals surface area contributed by atoms with E-state index in [0.29, 0.717) is 12.5 Å². The molecule has 0 unspecified atom stereocenters. The van der Waals surface area contributed by atoms with Gasteiger partial charge in [-0.3, -0.25) is 4.79 Å². The standard InChI is InChI=1S/C26H33N5O2S/c1-20(2)14-17-31-24(18-33-23-8-4-3-5-9-23)28-29-26(31)34-19-25(32)27-21-10-12-22(13-11-21)30-15-6-7-16-30/h3-5,8-13,20H,6-7,14-19H2,1-2H3,(H,27,32). The minimum atomic E-state index is -0.0561. The summed E-state index contributed by atoms with van der Waals surface area (Å²) < 4.78 is 7.96. The minimum Gasteiger partial charge on any atom is -0.486 e. The first kappa shape index (κ1) is 24.1. The number of thioether (sulfide) groups is 1. The number of carbonyl (C=O) groups is 1. The van der Waals surface area contributed by atoms with E-state index < -0.39 is 0 Å². The van der Waals surface area contributed by atoms with Gasteiger partial charge in [-0.25, -0.2) is 0 Å². The summed E-state index contributed by atoms with van der Waals surface area (Å²) in [6, 6.07) is 17.8. The summed E-state index contributed by atoms with van der Waals surface area (Å²) in [6.07, 6.45) is 3.49. The Labute approximate surface area is 205 Å². The number of hydrogen-bond donors (Lipinski definition) is 1. The number of para-hydroxylation sites is 1. The van der Waals surface area contributed by atoms with E-state index in [1.807, 2.05) is 42.5 Å². The van der Waals surface area contributed by atoms with Crippen molar-refractivity contribution in [1.82, 2.24) is 14.8 Å². The van der Waals surface area contributed by atoms with Gasteiger partial charge in [0.15, 0.2) is 11.0 Å². The Balaban J connectivity index is 1.34. The quantitative estimate of drug-likeness (QED) is 0.380. The van der Waals surface area contributed by atoms with Gasteiger partial charge < -0.3 is 19.5 Å². The van der Waals surface area contributed by atoms with E-state index in [9.17, 15) is 4.79 Å². The molecule has 1 N–H and O–H groups in total. The van der Waals surface area contributed by atoms with Crippen LogP contribution in [0.5, 0.6) is 5.75 Å². The Morgan fingerprint density at radius 2 is 1.79 bits per heavy atom. The molecular formula is C26H33N5O2S. The van der Waals surface area contributed by atoms with Gasteiger partial charge in [0.05, 0.1) is 5.75 Å². The minimum absolute atomic E-state index is 0.0561. The van der Waals surface area contributed by atoms with Gasteiger partial charge in [0.1, 0.15) is 12.4 Å². The van der Waals surface area contributed by atoms with Crippen molar-refractivity contribution in [2.24, 2.45) is 5.92 Å². The second-order valence-electron chi connectivity index (χ2n) is 8.91. The van der Waals surface area contributed by atoms with Crippen molar-refractivity contribution in [3.8, 4) is 5.75 Å². The van der Waals surface area contributed by atoms with Crippen LogP contribution >= 0.6 is 11.8 Å². The van der Waals surface area contributed by atoms with Crippen LogP contribution in [-0.2, 0) is 17.9 Å². The average Bonchev–Trinajstić information content (AvgIpc) is 3.51. The van der Waals surface area contributed by atoms with Gasteiger partial charge >= 0.3 is 0 Å².